The summed E-state index contributed by atoms with van der Waals surface area (Å²) in [5.74, 6) is 0. The van der Waals surface area contributed by atoms with Crippen molar-refractivity contribution in [1.82, 2.24) is 0 Å². The second-order valence-electron chi connectivity index (χ2n) is 2.27. The first-order chi connectivity index (χ1) is 4.91. The molecule has 0 aromatic carbocycles. The van der Waals surface area contributed by atoms with Crippen molar-refractivity contribution in [1.29, 1.82) is 0 Å². The third-order valence-electron chi connectivity index (χ3n) is 1.30. The van der Waals surface area contributed by atoms with Crippen LogP contribution in [0.1, 0.15) is 39.0 Å². The molecule has 0 fully saturated rings. The highest BCUT2D eigenvalue weighted by Crippen LogP contribution is 1.98. The maximum Gasteiger partial charge on any atom is 0.198 e. The molecule has 1 radical (unpaired) electrons. The van der Waals surface area contributed by atoms with Gasteiger partial charge < -0.3 is 0 Å². The van der Waals surface area contributed by atoms with Crippen LogP contribution < -0.4 is 0 Å². The summed E-state index contributed by atoms with van der Waals surface area (Å²) in [6, 6.07) is 0. The molecule has 0 heterocycles. The average molecular weight is 139 g/mol. The Labute approximate surface area is 63.1 Å². The zero-order valence-corrected chi connectivity index (χ0v) is 6.60. The zero-order chi connectivity index (χ0) is 7.66. The Morgan fingerprint density at radius 2 is 2.10 bits per heavy atom. The van der Waals surface area contributed by atoms with Crippen LogP contribution in [0, 0.1) is 0 Å². The largest absolute Gasteiger partial charge is 0.291 e. The van der Waals surface area contributed by atoms with Gasteiger partial charge in [-0.3, -0.25) is 4.79 Å². The molecule has 0 aromatic rings. The van der Waals surface area contributed by atoms with Gasteiger partial charge in [0.2, 0.25) is 0 Å². The molecule has 0 saturated heterocycles. The van der Waals surface area contributed by atoms with Crippen LogP contribution in [0.25, 0.3) is 0 Å². The zero-order valence-electron chi connectivity index (χ0n) is 6.60. The van der Waals surface area contributed by atoms with Gasteiger partial charge in [0.15, 0.2) is 6.29 Å². The molecule has 0 unspecified atom stereocenters. The molecule has 0 amide bonds. The Bertz CT molecular complexity index is 94.9. The number of hydrogen-bond donors (Lipinski definition) is 0. The van der Waals surface area contributed by atoms with Gasteiger partial charge in [-0.25, -0.2) is 0 Å². The Morgan fingerprint density at radius 3 is 2.70 bits per heavy atom. The number of carbonyl (C=O) groups excluding carboxylic acids is 1. The highest BCUT2D eigenvalue weighted by atomic mass is 16.1. The number of rotatable bonds is 6. The third kappa shape index (κ3) is 7.41. The lowest BCUT2D eigenvalue weighted by Gasteiger charge is -1.88. The first-order valence-electron chi connectivity index (χ1n) is 3.91. The maximum atomic E-state index is 9.75. The topological polar surface area (TPSA) is 17.1 Å². The van der Waals surface area contributed by atoms with Crippen molar-refractivity contribution in [3.8, 4) is 0 Å². The van der Waals surface area contributed by atoms with Gasteiger partial charge in [0, 0.05) is 6.42 Å². The molecule has 0 aliphatic carbocycles. The fourth-order valence-electron chi connectivity index (χ4n) is 0.744. The Hall–Kier alpha value is -0.590. The van der Waals surface area contributed by atoms with E-state index in [2.05, 4.69) is 19.1 Å². The quantitative estimate of drug-likeness (QED) is 0.408. The van der Waals surface area contributed by atoms with Crippen molar-refractivity contribution >= 4 is 6.29 Å². The maximum absolute atomic E-state index is 9.75. The van der Waals surface area contributed by atoms with Crippen LogP contribution in [0.2, 0.25) is 0 Å². The normalized spacial score (nSPS) is 10.5. The molecule has 0 atom stereocenters. The van der Waals surface area contributed by atoms with Crippen LogP contribution in [0.3, 0.4) is 0 Å². The minimum absolute atomic E-state index is 0.597. The molecule has 0 aliphatic heterocycles. The van der Waals surface area contributed by atoms with Crippen molar-refractivity contribution < 1.29 is 4.79 Å². The van der Waals surface area contributed by atoms with E-state index in [0.717, 1.165) is 25.7 Å². The molecule has 0 saturated carbocycles. The Balaban J connectivity index is 2.89. The average Bonchev–Trinajstić information content (AvgIpc) is 1.97. The van der Waals surface area contributed by atoms with Gasteiger partial charge in [-0.2, -0.15) is 0 Å². The molecular weight excluding hydrogens is 124 g/mol. The molecule has 0 spiro atoms. The highest BCUT2D eigenvalue weighted by Gasteiger charge is 1.83. The first-order valence-corrected chi connectivity index (χ1v) is 3.91. The van der Waals surface area contributed by atoms with E-state index in [9.17, 15) is 4.79 Å². The predicted octanol–water partition coefficient (Wildman–Crippen LogP) is 2.62. The van der Waals surface area contributed by atoms with Crippen LogP contribution in [0.5, 0.6) is 0 Å². The van der Waals surface area contributed by atoms with Crippen LogP contribution in [0.15, 0.2) is 12.2 Å². The first kappa shape index (κ1) is 9.41. The van der Waals surface area contributed by atoms with E-state index in [1.807, 2.05) is 6.29 Å². The van der Waals surface area contributed by atoms with Gasteiger partial charge in [-0.1, -0.05) is 19.1 Å². The van der Waals surface area contributed by atoms with Gasteiger partial charge in [-0.15, -0.1) is 0 Å². The van der Waals surface area contributed by atoms with Gasteiger partial charge in [0.05, 0.1) is 0 Å². The molecule has 0 rings (SSSR count). The molecular formula is C9H15O. The third-order valence-corrected chi connectivity index (χ3v) is 1.30. The van der Waals surface area contributed by atoms with Crippen molar-refractivity contribution in [3.63, 3.8) is 0 Å². The second kappa shape index (κ2) is 8.41. The summed E-state index contributed by atoms with van der Waals surface area (Å²) >= 11 is 0. The van der Waals surface area contributed by atoms with Crippen molar-refractivity contribution in [3.05, 3.63) is 12.2 Å². The van der Waals surface area contributed by atoms with Gasteiger partial charge >= 0.3 is 0 Å². The van der Waals surface area contributed by atoms with E-state index >= 15 is 0 Å². The van der Waals surface area contributed by atoms with E-state index in [-0.39, 0.29) is 0 Å². The minimum atomic E-state index is 0.597. The minimum Gasteiger partial charge on any atom is -0.291 e. The molecule has 0 aromatic heterocycles. The number of allylic oxidation sites excluding steroid dienone is 2. The molecule has 1 heteroatoms. The lowest BCUT2D eigenvalue weighted by molar-refractivity contribution is 0.547. The summed E-state index contributed by atoms with van der Waals surface area (Å²) in [4.78, 5) is 9.75. The Morgan fingerprint density at radius 1 is 1.30 bits per heavy atom. The van der Waals surface area contributed by atoms with E-state index < -0.39 is 0 Å². The van der Waals surface area contributed by atoms with Crippen LogP contribution in [-0.2, 0) is 4.79 Å². The predicted molar refractivity (Wildman–Crippen MR) is 43.6 cm³/mol. The molecule has 0 N–H and O–H groups in total. The number of unbranched alkanes of at least 4 members (excludes halogenated alkanes) is 3. The molecule has 0 aliphatic rings. The van der Waals surface area contributed by atoms with Gasteiger partial charge in [0.1, 0.15) is 0 Å². The standard InChI is InChI=1S/C9H15O/c1-2-3-4-5-6-7-8-9-10/h3-4H,2,5-8H2,1H3/b4-3+. The van der Waals surface area contributed by atoms with Crippen LogP contribution in [-0.4, -0.2) is 6.29 Å². The molecule has 0 bridgehead atoms. The smallest absolute Gasteiger partial charge is 0.198 e. The monoisotopic (exact) mass is 139 g/mol. The second-order valence-corrected chi connectivity index (χ2v) is 2.27. The van der Waals surface area contributed by atoms with E-state index in [1.165, 1.54) is 0 Å². The SMILES string of the molecule is CC/C=C/CCCC[C]=O. The molecule has 1 nitrogen and oxygen atoms in total. The lowest BCUT2D eigenvalue weighted by Crippen LogP contribution is -1.75. The fraction of sp³-hybridized carbons (Fsp3) is 0.667. The Kier molecular flexibility index (Phi) is 7.91. The van der Waals surface area contributed by atoms with Crippen molar-refractivity contribution in [2.75, 3.05) is 0 Å². The summed E-state index contributed by atoms with van der Waals surface area (Å²) in [6.45, 7) is 2.12. The lowest BCUT2D eigenvalue weighted by atomic mass is 10.2. The van der Waals surface area contributed by atoms with Crippen LogP contribution in [0.4, 0.5) is 0 Å². The van der Waals surface area contributed by atoms with E-state index in [0.29, 0.717) is 6.42 Å². The molecule has 57 valence electrons. The van der Waals surface area contributed by atoms with Gasteiger partial charge in [-0.05, 0) is 25.7 Å². The highest BCUT2D eigenvalue weighted by molar-refractivity contribution is 5.50. The molecule has 10 heavy (non-hydrogen) atoms. The summed E-state index contributed by atoms with van der Waals surface area (Å²) in [7, 11) is 0. The fourth-order valence-corrected chi connectivity index (χ4v) is 0.744. The van der Waals surface area contributed by atoms with Crippen LogP contribution >= 0.6 is 0 Å². The van der Waals surface area contributed by atoms with Crippen molar-refractivity contribution in [2.24, 2.45) is 0 Å². The van der Waals surface area contributed by atoms with E-state index in [4.69, 9.17) is 0 Å². The van der Waals surface area contributed by atoms with Gasteiger partial charge in [0.25, 0.3) is 0 Å². The summed E-state index contributed by atoms with van der Waals surface area (Å²) in [6.07, 6.45) is 11.1. The summed E-state index contributed by atoms with van der Waals surface area (Å²) in [5, 5.41) is 0. The summed E-state index contributed by atoms with van der Waals surface area (Å²) < 4.78 is 0. The van der Waals surface area contributed by atoms with Crippen molar-refractivity contribution in [2.45, 2.75) is 39.0 Å². The summed E-state index contributed by atoms with van der Waals surface area (Å²) in [5.41, 5.74) is 0. The van der Waals surface area contributed by atoms with E-state index in [1.54, 1.807) is 0 Å². The number of hydrogen-bond acceptors (Lipinski definition) is 1.